The fourth-order valence-electron chi connectivity index (χ4n) is 5.64. The number of nitrogens with one attached hydrogen (secondary N) is 2. The molecule has 1 saturated carbocycles. The molecule has 1 aliphatic heterocycles. The molecule has 5 amide bonds. The molecule has 2 fully saturated rings. The summed E-state index contributed by atoms with van der Waals surface area (Å²) in [7, 11) is 3.14. The van der Waals surface area contributed by atoms with Crippen molar-refractivity contribution in [3.05, 3.63) is 59.4 Å². The van der Waals surface area contributed by atoms with Crippen molar-refractivity contribution >= 4 is 23.8 Å². The molecule has 2 atom stereocenters. The second-order valence-corrected chi connectivity index (χ2v) is 10.7. The van der Waals surface area contributed by atoms with Gasteiger partial charge in [0, 0.05) is 32.1 Å². The molecular weight excluding hydrogens is 543 g/mol. The molecule has 0 spiro atoms. The van der Waals surface area contributed by atoms with Crippen molar-refractivity contribution in [1.82, 2.24) is 20.4 Å². The number of fused-ring (bicyclic) bond motifs is 1. The van der Waals surface area contributed by atoms with E-state index in [2.05, 4.69) is 10.6 Å². The summed E-state index contributed by atoms with van der Waals surface area (Å²) in [5.41, 5.74) is 1.74. The lowest BCUT2D eigenvalue weighted by Gasteiger charge is -2.46. The SMILES string of the molecule is COc1ccc(CCNC(=O)CN2C(=O)N(CCCC(=O)NCc3ccc(F)cc3)C(=O)C3CCCCC32)cc1OC. The lowest BCUT2D eigenvalue weighted by atomic mass is 9.81. The van der Waals surface area contributed by atoms with E-state index in [0.717, 1.165) is 24.0 Å². The maximum Gasteiger partial charge on any atom is 0.327 e. The molecule has 2 aromatic carbocycles. The van der Waals surface area contributed by atoms with Gasteiger partial charge in [-0.2, -0.15) is 0 Å². The zero-order valence-corrected chi connectivity index (χ0v) is 24.2. The van der Waals surface area contributed by atoms with E-state index in [1.165, 1.54) is 21.9 Å². The first-order valence-corrected chi connectivity index (χ1v) is 14.4. The van der Waals surface area contributed by atoms with Gasteiger partial charge in [-0.05, 0) is 61.1 Å². The van der Waals surface area contributed by atoms with Gasteiger partial charge in [0.1, 0.15) is 12.4 Å². The Kier molecular flexibility index (Phi) is 10.7. The van der Waals surface area contributed by atoms with E-state index in [1.807, 2.05) is 18.2 Å². The molecule has 10 nitrogen and oxygen atoms in total. The largest absolute Gasteiger partial charge is 0.493 e. The molecule has 0 bridgehead atoms. The average Bonchev–Trinajstić information content (AvgIpc) is 3.00. The average molecular weight is 583 g/mol. The first kappa shape index (κ1) is 30.8. The molecule has 42 heavy (non-hydrogen) atoms. The van der Waals surface area contributed by atoms with E-state index in [-0.39, 0.29) is 61.6 Å². The maximum atomic E-state index is 13.5. The summed E-state index contributed by atoms with van der Waals surface area (Å²) in [5.74, 6) is -0.188. The number of urea groups is 1. The Morgan fingerprint density at radius 1 is 0.929 bits per heavy atom. The van der Waals surface area contributed by atoms with Crippen molar-refractivity contribution in [3.8, 4) is 11.5 Å². The smallest absolute Gasteiger partial charge is 0.327 e. The quantitative estimate of drug-likeness (QED) is 0.374. The lowest BCUT2D eigenvalue weighted by molar-refractivity contribution is -0.142. The fraction of sp³-hybridized carbons (Fsp3) is 0.484. The highest BCUT2D eigenvalue weighted by Crippen LogP contribution is 2.34. The van der Waals surface area contributed by atoms with Crippen molar-refractivity contribution in [2.45, 2.75) is 57.5 Å². The van der Waals surface area contributed by atoms with Crippen LogP contribution < -0.4 is 20.1 Å². The number of methoxy groups -OCH3 is 2. The molecule has 4 rings (SSSR count). The molecule has 2 N–H and O–H groups in total. The minimum atomic E-state index is -0.482. The monoisotopic (exact) mass is 582 g/mol. The molecule has 1 saturated heterocycles. The van der Waals surface area contributed by atoms with E-state index < -0.39 is 6.03 Å². The Morgan fingerprint density at radius 2 is 1.64 bits per heavy atom. The predicted octanol–water partition coefficient (Wildman–Crippen LogP) is 3.42. The van der Waals surface area contributed by atoms with Crippen LogP contribution in [0.5, 0.6) is 11.5 Å². The summed E-state index contributed by atoms with van der Waals surface area (Å²) in [6.45, 7) is 0.607. The van der Waals surface area contributed by atoms with Crippen LogP contribution in [0.2, 0.25) is 0 Å². The summed E-state index contributed by atoms with van der Waals surface area (Å²) in [6.07, 6.45) is 4.14. The number of rotatable bonds is 13. The van der Waals surface area contributed by atoms with Gasteiger partial charge < -0.3 is 25.0 Å². The third-order valence-corrected chi connectivity index (χ3v) is 7.88. The first-order valence-electron chi connectivity index (χ1n) is 14.4. The Hall–Kier alpha value is -4.15. The first-order chi connectivity index (χ1) is 20.3. The highest BCUT2D eigenvalue weighted by molar-refractivity contribution is 6.00. The minimum Gasteiger partial charge on any atom is -0.493 e. The number of hydrogen-bond donors (Lipinski definition) is 2. The van der Waals surface area contributed by atoms with Gasteiger partial charge in [-0.15, -0.1) is 0 Å². The number of carbonyl (C=O) groups excluding carboxylic acids is 4. The molecule has 1 aliphatic carbocycles. The van der Waals surface area contributed by atoms with E-state index >= 15 is 0 Å². The number of nitrogens with zero attached hydrogens (tertiary/aromatic N) is 2. The van der Waals surface area contributed by atoms with Crippen LogP contribution in [0.3, 0.4) is 0 Å². The van der Waals surface area contributed by atoms with E-state index in [4.69, 9.17) is 9.47 Å². The van der Waals surface area contributed by atoms with Crippen molar-refractivity contribution in [2.75, 3.05) is 33.9 Å². The van der Waals surface area contributed by atoms with Gasteiger partial charge >= 0.3 is 6.03 Å². The fourth-order valence-corrected chi connectivity index (χ4v) is 5.64. The Morgan fingerprint density at radius 3 is 2.38 bits per heavy atom. The molecule has 2 aromatic rings. The Bertz CT molecular complexity index is 1270. The summed E-state index contributed by atoms with van der Waals surface area (Å²) < 4.78 is 23.7. The number of imide groups is 1. The molecule has 1 heterocycles. The van der Waals surface area contributed by atoms with Gasteiger partial charge in [0.05, 0.1) is 20.1 Å². The number of benzene rings is 2. The van der Waals surface area contributed by atoms with Gasteiger partial charge in [0.2, 0.25) is 17.7 Å². The predicted molar refractivity (Wildman–Crippen MR) is 153 cm³/mol. The van der Waals surface area contributed by atoms with Crippen molar-refractivity contribution in [3.63, 3.8) is 0 Å². The van der Waals surface area contributed by atoms with Gasteiger partial charge in [0.15, 0.2) is 11.5 Å². The zero-order valence-electron chi connectivity index (χ0n) is 24.2. The van der Waals surface area contributed by atoms with E-state index in [9.17, 15) is 23.6 Å². The highest BCUT2D eigenvalue weighted by atomic mass is 19.1. The molecule has 0 radical (unpaired) electrons. The second-order valence-electron chi connectivity index (χ2n) is 10.7. The molecule has 2 unspecified atom stereocenters. The lowest BCUT2D eigenvalue weighted by Crippen LogP contribution is -2.64. The summed E-state index contributed by atoms with van der Waals surface area (Å²) in [4.78, 5) is 54.7. The van der Waals surface area contributed by atoms with E-state index in [1.54, 1.807) is 26.4 Å². The third kappa shape index (κ3) is 7.77. The van der Waals surface area contributed by atoms with Gasteiger partial charge in [-0.3, -0.25) is 19.3 Å². The van der Waals surface area contributed by atoms with Gasteiger partial charge in [0.25, 0.3) is 0 Å². The van der Waals surface area contributed by atoms with E-state index in [0.29, 0.717) is 43.7 Å². The summed E-state index contributed by atoms with van der Waals surface area (Å²) in [6, 6.07) is 10.7. The van der Waals surface area contributed by atoms with Crippen molar-refractivity contribution in [1.29, 1.82) is 0 Å². The van der Waals surface area contributed by atoms with Crippen LogP contribution in [-0.2, 0) is 27.3 Å². The number of carbonyl (C=O) groups is 4. The van der Waals surface area contributed by atoms with Gasteiger partial charge in [-0.25, -0.2) is 9.18 Å². The molecule has 226 valence electrons. The van der Waals surface area contributed by atoms with Crippen molar-refractivity contribution < 1.29 is 33.0 Å². The normalized spacial score (nSPS) is 18.4. The zero-order chi connectivity index (χ0) is 30.1. The van der Waals surface area contributed by atoms with Crippen LogP contribution in [0, 0.1) is 11.7 Å². The summed E-state index contributed by atoms with van der Waals surface area (Å²) >= 11 is 0. The van der Waals surface area contributed by atoms with Crippen LogP contribution in [0.4, 0.5) is 9.18 Å². The van der Waals surface area contributed by atoms with Crippen LogP contribution in [0.25, 0.3) is 0 Å². The number of halogens is 1. The van der Waals surface area contributed by atoms with Crippen molar-refractivity contribution in [2.24, 2.45) is 5.92 Å². The number of hydrogen-bond acceptors (Lipinski definition) is 6. The van der Waals surface area contributed by atoms with Gasteiger partial charge in [-0.1, -0.05) is 31.0 Å². The van der Waals surface area contributed by atoms with Crippen LogP contribution in [-0.4, -0.2) is 73.4 Å². The second kappa shape index (κ2) is 14.7. The van der Waals surface area contributed by atoms with Crippen LogP contribution in [0.1, 0.15) is 49.7 Å². The molecular formula is C31H39FN4O6. The third-order valence-electron chi connectivity index (χ3n) is 7.88. The number of ether oxygens (including phenoxy) is 2. The summed E-state index contributed by atoms with van der Waals surface area (Å²) in [5, 5.41) is 5.67. The molecule has 2 aliphatic rings. The highest BCUT2D eigenvalue weighted by Gasteiger charge is 2.47. The molecule has 11 heteroatoms. The standard InChI is InChI=1S/C31H39FN4O6/c1-41-26-14-11-21(18-27(26)42-2)15-16-33-29(38)20-36-25-7-4-3-6-24(25)30(39)35(31(36)40)17-5-8-28(37)34-19-22-9-12-23(32)13-10-22/h9-14,18,24-25H,3-8,15-17,19-20H2,1-2H3,(H,33,38)(H,34,37). The minimum absolute atomic E-state index is 0.0995. The number of amides is 5. The Labute approximate surface area is 245 Å². The maximum absolute atomic E-state index is 13.5. The van der Waals surface area contributed by atoms with Crippen LogP contribution >= 0.6 is 0 Å². The van der Waals surface area contributed by atoms with Crippen LogP contribution in [0.15, 0.2) is 42.5 Å². The molecule has 0 aromatic heterocycles. The Balaban J connectivity index is 1.29. The topological polar surface area (TPSA) is 117 Å².